The summed E-state index contributed by atoms with van der Waals surface area (Å²) in [6.45, 7) is 0. The standard InChI is InChI=1S/FH.N3PS/c;1-2-3-4-5/h1H;/p-1. The predicted octanol–water partition coefficient (Wildman–Crippen LogP) is -1.38. The van der Waals surface area contributed by atoms with E-state index in [4.69, 9.17) is 5.53 Å². The van der Waals surface area contributed by atoms with Crippen LogP contribution >= 0.6 is 7.51 Å². The van der Waals surface area contributed by atoms with E-state index in [-0.39, 0.29) is 4.70 Å². The van der Waals surface area contributed by atoms with Crippen LogP contribution in [0.1, 0.15) is 0 Å². The first-order chi connectivity index (χ1) is 2.41. The van der Waals surface area contributed by atoms with E-state index in [1.807, 2.05) is 0 Å². The van der Waals surface area contributed by atoms with E-state index in [9.17, 15) is 0 Å². The van der Waals surface area contributed by atoms with Crippen LogP contribution in [-0.4, -0.2) is 0 Å². The molecule has 0 aliphatic heterocycles. The number of halogens is 1. The maximum atomic E-state index is 7.45. The second kappa shape index (κ2) is 8.83. The molecular formula is FN3PS-. The normalized spacial score (nSPS) is 5.33. The van der Waals surface area contributed by atoms with Gasteiger partial charge in [-0.2, -0.15) is 0 Å². The lowest BCUT2D eigenvalue weighted by Gasteiger charge is -1.40. The van der Waals surface area contributed by atoms with Gasteiger partial charge in [-0.15, -0.1) is 0 Å². The lowest BCUT2D eigenvalue weighted by molar-refractivity contribution is -0.000000973. The van der Waals surface area contributed by atoms with Crippen molar-refractivity contribution >= 4 is 19.3 Å². The average molecular weight is 124 g/mol. The fourth-order valence-electron chi connectivity index (χ4n) is 0.0163. The first kappa shape index (κ1) is 9.23. The van der Waals surface area contributed by atoms with Gasteiger partial charge in [-0.25, -0.2) is 0 Å². The third-order valence-electron chi connectivity index (χ3n) is 0.0765. The van der Waals surface area contributed by atoms with Crippen molar-refractivity contribution in [2.45, 2.75) is 0 Å². The predicted molar refractivity (Wildman–Crippen MR) is 23.4 cm³/mol. The smallest absolute Gasteiger partial charge is 0.0728 e. The van der Waals surface area contributed by atoms with Crippen molar-refractivity contribution in [1.29, 1.82) is 0 Å². The summed E-state index contributed by atoms with van der Waals surface area (Å²) in [6, 6.07) is 0. The molecule has 0 fully saturated rings. The number of rotatable bonds is 1. The summed E-state index contributed by atoms with van der Waals surface area (Å²) in [4.78, 5) is 5.30. The highest BCUT2D eigenvalue weighted by Crippen LogP contribution is 1.89. The second-order valence-corrected chi connectivity index (χ2v) is 1.09. The van der Waals surface area contributed by atoms with Crippen LogP contribution in [0.25, 0.3) is 10.4 Å². The van der Waals surface area contributed by atoms with Gasteiger partial charge in [-0.3, -0.25) is 0 Å². The molecule has 34 valence electrons. The van der Waals surface area contributed by atoms with Crippen molar-refractivity contribution in [2.24, 2.45) is 4.88 Å². The molecule has 3 nitrogen and oxygen atoms in total. The van der Waals surface area contributed by atoms with Crippen molar-refractivity contribution in [3.63, 3.8) is 0 Å². The average Bonchev–Trinajstić information content (AvgIpc) is 1.41. The van der Waals surface area contributed by atoms with Gasteiger partial charge in [0.2, 0.25) is 0 Å². The van der Waals surface area contributed by atoms with Crippen molar-refractivity contribution in [1.82, 2.24) is 0 Å². The van der Waals surface area contributed by atoms with Crippen LogP contribution in [-0.2, 0) is 11.8 Å². The molecular weight excluding hydrogens is 124 g/mol. The third-order valence-corrected chi connectivity index (χ3v) is 0.449. The van der Waals surface area contributed by atoms with Gasteiger partial charge >= 0.3 is 0 Å². The Labute approximate surface area is 40.2 Å². The Morgan fingerprint density at radius 1 is 1.83 bits per heavy atom. The Balaban J connectivity index is 0. The van der Waals surface area contributed by atoms with Gasteiger partial charge < -0.3 is 4.70 Å². The highest BCUT2D eigenvalue weighted by Gasteiger charge is 1.43. The summed E-state index contributed by atoms with van der Waals surface area (Å²) >= 11 is 4.20. The Morgan fingerprint density at radius 2 is 2.33 bits per heavy atom. The molecule has 0 rings (SSSR count). The first-order valence-corrected chi connectivity index (χ1v) is 2.64. The topological polar surface area (TPSA) is 48.8 Å². The van der Waals surface area contributed by atoms with Crippen LogP contribution in [0.2, 0.25) is 0 Å². The maximum absolute atomic E-state index is 7.45. The molecule has 6 heavy (non-hydrogen) atoms. The summed E-state index contributed by atoms with van der Waals surface area (Å²) < 4.78 is 0. The van der Waals surface area contributed by atoms with E-state index < -0.39 is 0 Å². The zero-order chi connectivity index (χ0) is 4.12. The fraction of sp³-hybridized carbons (Fsp3) is 0. The van der Waals surface area contributed by atoms with Gasteiger partial charge in [0, 0.05) is 4.91 Å². The SMILES string of the molecule is [F-].[N-]=[N+]=NP=S. The van der Waals surface area contributed by atoms with Gasteiger partial charge in [-0.05, 0) is 10.4 Å². The van der Waals surface area contributed by atoms with E-state index >= 15 is 0 Å². The van der Waals surface area contributed by atoms with Crippen LogP contribution < -0.4 is 4.70 Å². The molecule has 0 aliphatic carbocycles. The highest BCUT2D eigenvalue weighted by atomic mass is 32.4. The molecule has 0 N–H and O–H groups in total. The van der Waals surface area contributed by atoms with Crippen LogP contribution in [0.15, 0.2) is 4.88 Å². The quantitative estimate of drug-likeness (QED) is 0.184. The highest BCUT2D eigenvalue weighted by molar-refractivity contribution is 7.95. The molecule has 0 aromatic carbocycles. The maximum Gasteiger partial charge on any atom is 0.0728 e. The van der Waals surface area contributed by atoms with E-state index in [1.54, 1.807) is 0 Å². The van der Waals surface area contributed by atoms with Gasteiger partial charge in [0.05, 0.1) is 7.51 Å². The zero-order valence-corrected chi connectivity index (χ0v) is 4.29. The lowest BCUT2D eigenvalue weighted by atomic mass is 13.0. The first-order valence-electron chi connectivity index (χ1n) is 0.783. The molecule has 0 spiro atoms. The molecule has 0 atom stereocenters. The van der Waals surface area contributed by atoms with Crippen LogP contribution in [0.4, 0.5) is 0 Å². The molecule has 0 amide bonds. The van der Waals surface area contributed by atoms with Crippen LogP contribution in [0.5, 0.6) is 0 Å². The molecule has 0 saturated carbocycles. The van der Waals surface area contributed by atoms with Gasteiger partial charge in [0.25, 0.3) is 0 Å². The Bertz CT molecular complexity index is 74.9. The molecule has 0 saturated heterocycles. The van der Waals surface area contributed by atoms with Gasteiger partial charge in [0.15, 0.2) is 0 Å². The molecule has 0 aliphatic rings. The van der Waals surface area contributed by atoms with E-state index in [1.165, 1.54) is 0 Å². The Kier molecular flexibility index (Phi) is 13.6. The summed E-state index contributed by atoms with van der Waals surface area (Å²) in [5.41, 5.74) is 7.45. The minimum Gasteiger partial charge on any atom is -1.00 e. The zero-order valence-electron chi connectivity index (χ0n) is 2.58. The molecule has 0 heterocycles. The monoisotopic (exact) mass is 124 g/mol. The number of hydrogen-bond acceptors (Lipinski definition) is 1. The minimum absolute atomic E-state index is 0. The molecule has 0 aromatic rings. The number of hydrogen-bond donors (Lipinski definition) is 0. The Hall–Kier alpha value is -0.240. The number of nitrogens with zero attached hydrogens (tertiary/aromatic N) is 3. The van der Waals surface area contributed by atoms with E-state index in [0.717, 1.165) is 0 Å². The number of azide groups is 1. The van der Waals surface area contributed by atoms with E-state index in [0.29, 0.717) is 7.51 Å². The van der Waals surface area contributed by atoms with Crippen LogP contribution in [0.3, 0.4) is 0 Å². The van der Waals surface area contributed by atoms with Crippen molar-refractivity contribution in [2.75, 3.05) is 0 Å². The van der Waals surface area contributed by atoms with Gasteiger partial charge in [0.1, 0.15) is 0 Å². The summed E-state index contributed by atoms with van der Waals surface area (Å²) in [5, 5.41) is 0. The van der Waals surface area contributed by atoms with Crippen molar-refractivity contribution in [3.8, 4) is 0 Å². The third kappa shape index (κ3) is 9.25. The van der Waals surface area contributed by atoms with Crippen molar-refractivity contribution in [3.05, 3.63) is 10.4 Å². The minimum atomic E-state index is 0. The molecule has 0 unspecified atom stereocenters. The van der Waals surface area contributed by atoms with E-state index in [2.05, 4.69) is 21.6 Å². The van der Waals surface area contributed by atoms with Crippen molar-refractivity contribution < 1.29 is 4.70 Å². The van der Waals surface area contributed by atoms with Gasteiger partial charge in [-0.1, -0.05) is 11.8 Å². The van der Waals surface area contributed by atoms with Crippen LogP contribution in [0, 0.1) is 0 Å². The lowest BCUT2D eigenvalue weighted by Crippen LogP contribution is -3.00. The largest absolute Gasteiger partial charge is 1.00 e. The summed E-state index contributed by atoms with van der Waals surface area (Å²) in [5.74, 6) is 0. The summed E-state index contributed by atoms with van der Waals surface area (Å²) in [6.07, 6.45) is 0. The fourth-order valence-corrected chi connectivity index (χ4v) is 0.147. The molecule has 0 radical (unpaired) electrons. The molecule has 6 heteroatoms. The Morgan fingerprint density at radius 3 is 2.33 bits per heavy atom. The molecule has 0 bridgehead atoms. The second-order valence-electron chi connectivity index (χ2n) is 0.261. The summed E-state index contributed by atoms with van der Waals surface area (Å²) in [7, 11) is 0.321. The molecule has 0 aromatic heterocycles.